The van der Waals surface area contributed by atoms with Crippen molar-refractivity contribution in [2.24, 2.45) is 0 Å². The lowest BCUT2D eigenvalue weighted by atomic mass is 9.98. The predicted molar refractivity (Wildman–Crippen MR) is 84.4 cm³/mol. The van der Waals surface area contributed by atoms with Crippen LogP contribution < -0.4 is 5.32 Å². The van der Waals surface area contributed by atoms with Crippen molar-refractivity contribution < 1.29 is 0 Å². The summed E-state index contributed by atoms with van der Waals surface area (Å²) >= 11 is 12.1. The van der Waals surface area contributed by atoms with E-state index in [0.29, 0.717) is 16.0 Å². The molecule has 0 amide bonds. The van der Waals surface area contributed by atoms with Gasteiger partial charge in [0.25, 0.3) is 0 Å². The van der Waals surface area contributed by atoms with Gasteiger partial charge in [-0.2, -0.15) is 0 Å². The van der Waals surface area contributed by atoms with Crippen LogP contribution in [-0.2, 0) is 0 Å². The van der Waals surface area contributed by atoms with Gasteiger partial charge >= 0.3 is 0 Å². The molecule has 0 saturated heterocycles. The van der Waals surface area contributed by atoms with Gasteiger partial charge in [-0.1, -0.05) is 60.5 Å². The Morgan fingerprint density at radius 2 is 1.79 bits per heavy atom. The minimum absolute atomic E-state index is 0.520. The summed E-state index contributed by atoms with van der Waals surface area (Å²) < 4.78 is 0. The van der Waals surface area contributed by atoms with Crippen molar-refractivity contribution in [2.45, 2.75) is 19.3 Å². The van der Waals surface area contributed by atoms with Crippen LogP contribution in [0.3, 0.4) is 0 Å². The van der Waals surface area contributed by atoms with Crippen molar-refractivity contribution in [1.82, 2.24) is 0 Å². The average Bonchev–Trinajstić information content (AvgIpc) is 2.43. The fourth-order valence-electron chi connectivity index (χ4n) is 2.00. The standard InChI is InChI=1S/C16H17Cl2N/c1-12(13-5-3-2-4-6-13)9-10-19-16-11-14(17)7-8-15(16)18/h2-8,11-12,19H,9-10H2,1H3. The fourth-order valence-corrected chi connectivity index (χ4v) is 2.36. The summed E-state index contributed by atoms with van der Waals surface area (Å²) in [6, 6.07) is 16.0. The number of rotatable bonds is 5. The van der Waals surface area contributed by atoms with E-state index in [1.165, 1.54) is 5.56 Å². The van der Waals surface area contributed by atoms with Gasteiger partial charge in [0.1, 0.15) is 0 Å². The number of hydrogen-bond acceptors (Lipinski definition) is 1. The number of hydrogen-bond donors (Lipinski definition) is 1. The minimum Gasteiger partial charge on any atom is -0.384 e. The molecule has 3 heteroatoms. The lowest BCUT2D eigenvalue weighted by molar-refractivity contribution is 0.706. The van der Waals surface area contributed by atoms with Gasteiger partial charge in [-0.05, 0) is 36.1 Å². The van der Waals surface area contributed by atoms with Gasteiger partial charge in [0, 0.05) is 11.6 Å². The van der Waals surface area contributed by atoms with Gasteiger partial charge in [0.2, 0.25) is 0 Å². The third-order valence-electron chi connectivity index (χ3n) is 3.19. The molecular weight excluding hydrogens is 277 g/mol. The molecule has 2 aromatic carbocycles. The molecule has 2 aromatic rings. The Hall–Kier alpha value is -1.18. The first-order valence-corrected chi connectivity index (χ1v) is 7.16. The van der Waals surface area contributed by atoms with Crippen molar-refractivity contribution in [2.75, 3.05) is 11.9 Å². The Kier molecular flexibility index (Phi) is 5.12. The van der Waals surface area contributed by atoms with Crippen LogP contribution in [0.1, 0.15) is 24.8 Å². The van der Waals surface area contributed by atoms with Crippen LogP contribution in [0.5, 0.6) is 0 Å². The molecule has 0 fully saturated rings. The molecule has 0 spiro atoms. The molecule has 2 rings (SSSR count). The number of anilines is 1. The highest BCUT2D eigenvalue weighted by Gasteiger charge is 2.05. The van der Waals surface area contributed by atoms with E-state index in [1.807, 2.05) is 18.2 Å². The molecule has 1 nitrogen and oxygen atoms in total. The number of benzene rings is 2. The normalized spacial score (nSPS) is 12.2. The molecular formula is C16H17Cl2N. The third kappa shape index (κ3) is 4.15. The first-order chi connectivity index (χ1) is 9.16. The van der Waals surface area contributed by atoms with E-state index in [1.54, 1.807) is 6.07 Å². The summed E-state index contributed by atoms with van der Waals surface area (Å²) in [5.74, 6) is 0.520. The quantitative estimate of drug-likeness (QED) is 0.757. The van der Waals surface area contributed by atoms with Crippen molar-refractivity contribution in [3.63, 3.8) is 0 Å². The molecule has 1 atom stereocenters. The molecule has 0 heterocycles. The molecule has 0 saturated carbocycles. The summed E-state index contributed by atoms with van der Waals surface area (Å²) in [5.41, 5.74) is 2.26. The fraction of sp³-hybridized carbons (Fsp3) is 0.250. The van der Waals surface area contributed by atoms with Crippen molar-refractivity contribution >= 4 is 28.9 Å². The molecule has 0 aliphatic heterocycles. The van der Waals surface area contributed by atoms with Crippen LogP contribution in [0.2, 0.25) is 10.0 Å². The smallest absolute Gasteiger partial charge is 0.0638 e. The zero-order valence-electron chi connectivity index (χ0n) is 10.9. The maximum absolute atomic E-state index is 6.11. The monoisotopic (exact) mass is 293 g/mol. The molecule has 0 radical (unpaired) electrons. The highest BCUT2D eigenvalue weighted by molar-refractivity contribution is 6.35. The van der Waals surface area contributed by atoms with Crippen LogP contribution in [0, 0.1) is 0 Å². The topological polar surface area (TPSA) is 12.0 Å². The van der Waals surface area contributed by atoms with E-state index < -0.39 is 0 Å². The second kappa shape index (κ2) is 6.83. The van der Waals surface area contributed by atoms with Crippen molar-refractivity contribution in [3.8, 4) is 0 Å². The van der Waals surface area contributed by atoms with Crippen molar-refractivity contribution in [3.05, 3.63) is 64.1 Å². The largest absolute Gasteiger partial charge is 0.384 e. The Morgan fingerprint density at radius 1 is 1.05 bits per heavy atom. The van der Waals surface area contributed by atoms with E-state index in [-0.39, 0.29) is 0 Å². The maximum atomic E-state index is 6.11. The van der Waals surface area contributed by atoms with Gasteiger partial charge in [-0.3, -0.25) is 0 Å². The summed E-state index contributed by atoms with van der Waals surface area (Å²) in [5, 5.41) is 4.74. The Bertz CT molecular complexity index is 526. The van der Waals surface area contributed by atoms with E-state index in [4.69, 9.17) is 23.2 Å². The SMILES string of the molecule is CC(CCNc1cc(Cl)ccc1Cl)c1ccccc1. The Balaban J connectivity index is 1.88. The Morgan fingerprint density at radius 3 is 2.53 bits per heavy atom. The van der Waals surface area contributed by atoms with Crippen LogP contribution in [0.4, 0.5) is 5.69 Å². The summed E-state index contributed by atoms with van der Waals surface area (Å²) in [4.78, 5) is 0. The zero-order valence-corrected chi connectivity index (χ0v) is 12.4. The molecule has 19 heavy (non-hydrogen) atoms. The van der Waals surface area contributed by atoms with Crippen LogP contribution in [0.25, 0.3) is 0 Å². The highest BCUT2D eigenvalue weighted by atomic mass is 35.5. The van der Waals surface area contributed by atoms with E-state index >= 15 is 0 Å². The minimum atomic E-state index is 0.520. The summed E-state index contributed by atoms with van der Waals surface area (Å²) in [6.07, 6.45) is 1.05. The van der Waals surface area contributed by atoms with Gasteiger partial charge in [0.15, 0.2) is 0 Å². The van der Waals surface area contributed by atoms with E-state index in [9.17, 15) is 0 Å². The van der Waals surface area contributed by atoms with Gasteiger partial charge < -0.3 is 5.32 Å². The second-order valence-electron chi connectivity index (χ2n) is 4.65. The zero-order chi connectivity index (χ0) is 13.7. The molecule has 0 aliphatic carbocycles. The van der Waals surface area contributed by atoms with Gasteiger partial charge in [0.05, 0.1) is 10.7 Å². The predicted octanol–water partition coefficient (Wildman–Crippen LogP) is 5.60. The first-order valence-electron chi connectivity index (χ1n) is 6.40. The van der Waals surface area contributed by atoms with Crippen LogP contribution >= 0.6 is 23.2 Å². The molecule has 1 N–H and O–H groups in total. The number of halogens is 2. The number of nitrogens with one attached hydrogen (secondary N) is 1. The molecule has 0 aromatic heterocycles. The average molecular weight is 294 g/mol. The first kappa shape index (κ1) is 14.2. The second-order valence-corrected chi connectivity index (χ2v) is 5.49. The van der Waals surface area contributed by atoms with Gasteiger partial charge in [-0.25, -0.2) is 0 Å². The molecule has 1 unspecified atom stereocenters. The third-order valence-corrected chi connectivity index (χ3v) is 3.75. The molecule has 0 aliphatic rings. The lowest BCUT2D eigenvalue weighted by Crippen LogP contribution is -2.06. The van der Waals surface area contributed by atoms with E-state index in [0.717, 1.165) is 18.7 Å². The van der Waals surface area contributed by atoms with Crippen LogP contribution in [0.15, 0.2) is 48.5 Å². The summed E-state index contributed by atoms with van der Waals surface area (Å²) in [6.45, 7) is 3.10. The van der Waals surface area contributed by atoms with Gasteiger partial charge in [-0.15, -0.1) is 0 Å². The Labute approximate surface area is 124 Å². The lowest BCUT2D eigenvalue weighted by Gasteiger charge is -2.14. The van der Waals surface area contributed by atoms with Crippen molar-refractivity contribution in [1.29, 1.82) is 0 Å². The summed E-state index contributed by atoms with van der Waals surface area (Å²) in [7, 11) is 0. The molecule has 0 bridgehead atoms. The highest BCUT2D eigenvalue weighted by Crippen LogP contribution is 2.26. The molecule has 100 valence electrons. The maximum Gasteiger partial charge on any atom is 0.0638 e. The van der Waals surface area contributed by atoms with Crippen LogP contribution in [-0.4, -0.2) is 6.54 Å². The van der Waals surface area contributed by atoms with E-state index in [2.05, 4.69) is 36.5 Å².